The van der Waals surface area contributed by atoms with Crippen molar-refractivity contribution in [3.63, 3.8) is 0 Å². The van der Waals surface area contributed by atoms with Gasteiger partial charge in [-0.15, -0.1) is 0 Å². The molecule has 254 valence electrons. The molecule has 14 heteroatoms. The molecule has 1 amide bonds. The first-order valence-electron chi connectivity index (χ1n) is 14.9. The van der Waals surface area contributed by atoms with Crippen molar-refractivity contribution in [2.24, 2.45) is 11.8 Å². The molecule has 0 radical (unpaired) electrons. The van der Waals surface area contributed by atoms with Crippen LogP contribution in [0.1, 0.15) is 56.9 Å². The molecular formula is C33H37F3N2O9. The van der Waals surface area contributed by atoms with Crippen molar-refractivity contribution in [2.75, 3.05) is 32.3 Å². The Morgan fingerprint density at radius 3 is 1.85 bits per heavy atom. The number of methoxy groups -OCH3 is 2. The summed E-state index contributed by atoms with van der Waals surface area (Å²) in [5, 5.41) is 2.60. The highest BCUT2D eigenvalue weighted by Crippen LogP contribution is 2.58. The van der Waals surface area contributed by atoms with Crippen molar-refractivity contribution < 1.29 is 56.1 Å². The molecule has 2 heterocycles. The Morgan fingerprint density at radius 1 is 0.851 bits per heavy atom. The second kappa shape index (κ2) is 12.6. The third-order valence-electron chi connectivity index (χ3n) is 8.55. The molecule has 2 aliphatic heterocycles. The molecule has 2 aliphatic rings. The van der Waals surface area contributed by atoms with Gasteiger partial charge in [0.25, 0.3) is 5.91 Å². The second-order valence-corrected chi connectivity index (χ2v) is 12.2. The average Bonchev–Trinajstić information content (AvgIpc) is 3.47. The van der Waals surface area contributed by atoms with Gasteiger partial charge in [-0.25, -0.2) is 9.59 Å². The highest BCUT2D eigenvalue weighted by Gasteiger charge is 2.79. The average molecular weight is 663 g/mol. The number of amides is 1. The van der Waals surface area contributed by atoms with Crippen molar-refractivity contribution in [2.45, 2.75) is 63.8 Å². The van der Waals surface area contributed by atoms with Gasteiger partial charge in [-0.2, -0.15) is 13.2 Å². The smallest absolute Gasteiger partial charge is 0.418 e. The van der Waals surface area contributed by atoms with E-state index in [0.717, 1.165) is 42.9 Å². The van der Waals surface area contributed by atoms with Gasteiger partial charge in [0.1, 0.15) is 17.4 Å². The number of fused-ring (bicyclic) bond motifs is 2. The molecule has 1 saturated heterocycles. The summed E-state index contributed by atoms with van der Waals surface area (Å²) in [5.41, 5.74) is -6.68. The number of hydrogen-bond donors (Lipinski definition) is 1. The normalized spacial score (nSPS) is 21.7. The molecule has 2 aromatic carbocycles. The zero-order valence-corrected chi connectivity index (χ0v) is 27.1. The maximum atomic E-state index is 14.9. The fourth-order valence-electron chi connectivity index (χ4n) is 6.45. The standard InChI is InChI=1S/C33H37F3N2O9/c1-8-46-28(42)32(29(43)47-9-2)23(26(40)45-7)22(25(39)44-6)31(37-32)20-11-10-12-21(33(34,35)36)24(20)38(27(31)41)17-18-13-15-19(16-14-18)30(3,4)5/h10-16,22-23,37H,8-9,17H2,1-7H3/t22-,23-,31+/m0/s1. The van der Waals surface area contributed by atoms with Gasteiger partial charge in [-0.05, 0) is 36.5 Å². The zero-order chi connectivity index (χ0) is 35.1. The van der Waals surface area contributed by atoms with E-state index in [4.69, 9.17) is 18.9 Å². The number of benzene rings is 2. The second-order valence-electron chi connectivity index (χ2n) is 12.2. The van der Waals surface area contributed by atoms with Crippen molar-refractivity contribution in [1.29, 1.82) is 0 Å². The number of para-hydroxylation sites is 1. The summed E-state index contributed by atoms with van der Waals surface area (Å²) in [4.78, 5) is 70.6. The number of nitrogens with zero attached hydrogens (tertiary/aromatic N) is 1. The predicted octanol–water partition coefficient (Wildman–Crippen LogP) is 3.79. The van der Waals surface area contributed by atoms with Gasteiger partial charge >= 0.3 is 30.1 Å². The van der Waals surface area contributed by atoms with E-state index in [-0.39, 0.29) is 18.6 Å². The van der Waals surface area contributed by atoms with E-state index in [1.54, 1.807) is 24.3 Å². The number of nitrogens with one attached hydrogen (secondary N) is 1. The van der Waals surface area contributed by atoms with Gasteiger partial charge in [0.2, 0.25) is 5.54 Å². The molecule has 0 aromatic heterocycles. The lowest BCUT2D eigenvalue weighted by Gasteiger charge is -2.31. The van der Waals surface area contributed by atoms with Crippen molar-refractivity contribution >= 4 is 35.5 Å². The van der Waals surface area contributed by atoms with Crippen LogP contribution >= 0.6 is 0 Å². The van der Waals surface area contributed by atoms with Crippen LogP contribution < -0.4 is 10.2 Å². The highest BCUT2D eigenvalue weighted by molar-refractivity contribution is 6.17. The number of ether oxygens (including phenoxy) is 4. The number of anilines is 1. The van der Waals surface area contributed by atoms with E-state index in [1.807, 2.05) is 20.8 Å². The molecule has 0 aliphatic carbocycles. The summed E-state index contributed by atoms with van der Waals surface area (Å²) in [6.07, 6.45) is -4.99. The Bertz CT molecular complexity index is 1570. The van der Waals surface area contributed by atoms with E-state index >= 15 is 0 Å². The van der Waals surface area contributed by atoms with Crippen LogP contribution in [0.25, 0.3) is 0 Å². The maximum absolute atomic E-state index is 14.9. The van der Waals surface area contributed by atoms with Crippen LogP contribution in [0.5, 0.6) is 0 Å². The van der Waals surface area contributed by atoms with Gasteiger partial charge in [-0.3, -0.25) is 19.7 Å². The number of esters is 4. The summed E-state index contributed by atoms with van der Waals surface area (Å²) in [6, 6.07) is 9.84. The first-order valence-corrected chi connectivity index (χ1v) is 14.9. The molecule has 1 fully saturated rings. The van der Waals surface area contributed by atoms with E-state index < -0.39 is 82.2 Å². The number of rotatable bonds is 8. The molecule has 0 bridgehead atoms. The van der Waals surface area contributed by atoms with Crippen LogP contribution in [-0.2, 0) is 66.6 Å². The van der Waals surface area contributed by atoms with Crippen molar-refractivity contribution in [3.05, 3.63) is 64.7 Å². The Balaban J connectivity index is 2.09. The van der Waals surface area contributed by atoms with E-state index in [1.165, 1.54) is 13.8 Å². The topological polar surface area (TPSA) is 138 Å². The molecule has 11 nitrogen and oxygen atoms in total. The van der Waals surface area contributed by atoms with Crippen LogP contribution in [0.3, 0.4) is 0 Å². The lowest BCUT2D eigenvalue weighted by molar-refractivity contribution is -0.175. The minimum absolute atomic E-state index is 0.240. The lowest BCUT2D eigenvalue weighted by Crippen LogP contribution is -2.65. The third-order valence-corrected chi connectivity index (χ3v) is 8.55. The molecule has 0 unspecified atom stereocenters. The molecule has 0 saturated carbocycles. The van der Waals surface area contributed by atoms with E-state index in [9.17, 15) is 37.1 Å². The summed E-state index contributed by atoms with van der Waals surface area (Å²) in [6.45, 7) is 7.73. The number of carbonyl (C=O) groups excluding carboxylic acids is 5. The Labute approximate surface area is 269 Å². The highest BCUT2D eigenvalue weighted by atomic mass is 19.4. The molecule has 1 spiro atoms. The SMILES string of the molecule is CCOC(=O)C1(C(=O)OCC)N[C@@]2(C(=O)N(Cc3ccc(C(C)(C)C)cc3)c3c(C(F)(F)F)cccc32)[C@H](C(=O)OC)[C@H]1C(=O)OC. The number of halogens is 3. The van der Waals surface area contributed by atoms with Gasteiger partial charge in [0, 0.05) is 5.56 Å². The fraction of sp³-hybridized carbons (Fsp3) is 0.485. The van der Waals surface area contributed by atoms with Crippen LogP contribution in [0.4, 0.5) is 18.9 Å². The predicted molar refractivity (Wildman–Crippen MR) is 160 cm³/mol. The van der Waals surface area contributed by atoms with Crippen molar-refractivity contribution in [3.8, 4) is 0 Å². The Kier molecular flexibility index (Phi) is 9.51. The van der Waals surface area contributed by atoms with Gasteiger partial charge in [-0.1, -0.05) is 57.2 Å². The number of carbonyl (C=O) groups is 5. The minimum Gasteiger partial charge on any atom is -0.469 e. The van der Waals surface area contributed by atoms with Crippen LogP contribution in [-0.4, -0.2) is 62.8 Å². The Hall–Kier alpha value is -4.46. The number of alkyl halides is 3. The summed E-state index contributed by atoms with van der Waals surface area (Å²) in [7, 11) is 1.85. The molecule has 47 heavy (non-hydrogen) atoms. The van der Waals surface area contributed by atoms with Gasteiger partial charge in [0.15, 0.2) is 0 Å². The third kappa shape index (κ3) is 5.62. The fourth-order valence-corrected chi connectivity index (χ4v) is 6.45. The monoisotopic (exact) mass is 662 g/mol. The minimum atomic E-state index is -4.99. The van der Waals surface area contributed by atoms with Crippen molar-refractivity contribution in [1.82, 2.24) is 5.32 Å². The van der Waals surface area contributed by atoms with E-state index in [2.05, 4.69) is 5.32 Å². The molecular weight excluding hydrogens is 625 g/mol. The lowest BCUT2D eigenvalue weighted by atomic mass is 9.72. The van der Waals surface area contributed by atoms with Crippen LogP contribution in [0.15, 0.2) is 42.5 Å². The summed E-state index contributed by atoms with van der Waals surface area (Å²) in [5.74, 6) is -10.8. The molecule has 4 rings (SSSR count). The van der Waals surface area contributed by atoms with Gasteiger partial charge in [0.05, 0.1) is 45.2 Å². The summed E-state index contributed by atoms with van der Waals surface area (Å²) >= 11 is 0. The maximum Gasteiger partial charge on any atom is 0.418 e. The molecule has 3 atom stereocenters. The van der Waals surface area contributed by atoms with Crippen LogP contribution in [0, 0.1) is 11.8 Å². The van der Waals surface area contributed by atoms with E-state index in [0.29, 0.717) is 5.56 Å². The Morgan fingerprint density at radius 2 is 1.38 bits per heavy atom. The van der Waals surface area contributed by atoms with Gasteiger partial charge < -0.3 is 23.8 Å². The first-order chi connectivity index (χ1) is 22.0. The van der Waals surface area contributed by atoms with Crippen LogP contribution in [0.2, 0.25) is 0 Å². The molecule has 2 aromatic rings. The zero-order valence-electron chi connectivity index (χ0n) is 27.1. The number of hydrogen-bond acceptors (Lipinski definition) is 10. The molecule has 1 N–H and O–H groups in total. The summed E-state index contributed by atoms with van der Waals surface area (Å²) < 4.78 is 64.3. The quantitative estimate of drug-likeness (QED) is 0.253. The first kappa shape index (κ1) is 35.4. The largest absolute Gasteiger partial charge is 0.469 e.